The lowest BCUT2D eigenvalue weighted by molar-refractivity contribution is 0.629. The summed E-state index contributed by atoms with van der Waals surface area (Å²) in [4.78, 5) is 5.48. The molecule has 132 valence electrons. The lowest BCUT2D eigenvalue weighted by Gasteiger charge is -2.29. The highest BCUT2D eigenvalue weighted by Gasteiger charge is 2.25. The number of aromatic nitrogens is 3. The summed E-state index contributed by atoms with van der Waals surface area (Å²) in [6.07, 6.45) is 2.32. The van der Waals surface area contributed by atoms with E-state index in [1.807, 2.05) is 13.8 Å². The van der Waals surface area contributed by atoms with Crippen LogP contribution in [0.2, 0.25) is 0 Å². The van der Waals surface area contributed by atoms with Gasteiger partial charge < -0.3 is 9.88 Å². The van der Waals surface area contributed by atoms with Gasteiger partial charge in [-0.05, 0) is 36.6 Å². The van der Waals surface area contributed by atoms with Crippen molar-refractivity contribution in [3.63, 3.8) is 0 Å². The molecule has 0 saturated carbocycles. The van der Waals surface area contributed by atoms with Gasteiger partial charge in [0.2, 0.25) is 0 Å². The number of nitrogens with one attached hydrogen (secondary N) is 1. The number of aryl methyl sites for hydroxylation is 1. The molecule has 0 spiro atoms. The Labute approximate surface area is 151 Å². The molecule has 4 rings (SSSR count). The minimum Gasteiger partial charge on any atom is -0.358 e. The first-order chi connectivity index (χ1) is 12.7. The van der Waals surface area contributed by atoms with Crippen LogP contribution in [-0.2, 0) is 25.8 Å². The first-order valence-electron chi connectivity index (χ1n) is 8.98. The summed E-state index contributed by atoms with van der Waals surface area (Å²) in [5, 5.41) is 19.4. The summed E-state index contributed by atoms with van der Waals surface area (Å²) in [5.41, 5.74) is 5.65. The second-order valence-corrected chi connectivity index (χ2v) is 6.59. The maximum absolute atomic E-state index is 13.7. The number of rotatable bonds is 3. The van der Waals surface area contributed by atoms with E-state index in [0.717, 1.165) is 59.2 Å². The SMILES string of the molecule is CCc1nnc(N2CCc3[nH]c4ccc(F)cc4c3C2)c(C#N)c1CC. The Kier molecular flexibility index (Phi) is 4.08. The molecule has 0 aliphatic carbocycles. The second kappa shape index (κ2) is 6.41. The predicted molar refractivity (Wildman–Crippen MR) is 98.5 cm³/mol. The zero-order valence-corrected chi connectivity index (χ0v) is 14.9. The molecule has 0 amide bonds. The Balaban J connectivity index is 1.79. The van der Waals surface area contributed by atoms with E-state index < -0.39 is 0 Å². The fourth-order valence-corrected chi connectivity index (χ4v) is 3.87. The standard InChI is InChI=1S/C20H20FN5/c1-3-13-15(10-22)20(25-24-17(13)4-2)26-8-7-19-16(11-26)14-9-12(21)5-6-18(14)23-19/h5-6,9,23H,3-4,7-8,11H2,1-2H3. The minimum atomic E-state index is -0.241. The van der Waals surface area contributed by atoms with Crippen molar-refractivity contribution in [3.8, 4) is 6.07 Å². The van der Waals surface area contributed by atoms with Crippen LogP contribution >= 0.6 is 0 Å². The zero-order chi connectivity index (χ0) is 18.3. The summed E-state index contributed by atoms with van der Waals surface area (Å²) in [5.74, 6) is 0.396. The highest BCUT2D eigenvalue weighted by atomic mass is 19.1. The molecule has 5 nitrogen and oxygen atoms in total. The third-order valence-corrected chi connectivity index (χ3v) is 5.18. The van der Waals surface area contributed by atoms with Crippen LogP contribution in [0.5, 0.6) is 0 Å². The highest BCUT2D eigenvalue weighted by Crippen LogP contribution is 2.32. The molecule has 1 aliphatic heterocycles. The Bertz CT molecular complexity index is 1030. The van der Waals surface area contributed by atoms with Gasteiger partial charge in [-0.15, -0.1) is 5.10 Å². The molecule has 0 unspecified atom stereocenters. The van der Waals surface area contributed by atoms with Gasteiger partial charge in [0.05, 0.1) is 5.69 Å². The summed E-state index contributed by atoms with van der Waals surface area (Å²) in [6.45, 7) is 5.41. The normalized spacial score (nSPS) is 13.7. The van der Waals surface area contributed by atoms with Crippen LogP contribution in [0.15, 0.2) is 18.2 Å². The second-order valence-electron chi connectivity index (χ2n) is 6.59. The number of hydrogen-bond donors (Lipinski definition) is 1. The molecular weight excluding hydrogens is 329 g/mol. The van der Waals surface area contributed by atoms with Crippen LogP contribution in [-0.4, -0.2) is 21.7 Å². The van der Waals surface area contributed by atoms with Gasteiger partial charge in [0.25, 0.3) is 0 Å². The van der Waals surface area contributed by atoms with Gasteiger partial charge in [0, 0.05) is 41.7 Å². The Morgan fingerprint density at radius 3 is 2.85 bits per heavy atom. The molecule has 1 N–H and O–H groups in total. The molecule has 0 saturated heterocycles. The molecule has 1 aliphatic rings. The van der Waals surface area contributed by atoms with Crippen molar-refractivity contribution in [2.24, 2.45) is 0 Å². The lowest BCUT2D eigenvalue weighted by Crippen LogP contribution is -2.32. The summed E-state index contributed by atoms with van der Waals surface area (Å²) < 4.78 is 13.7. The van der Waals surface area contributed by atoms with E-state index in [4.69, 9.17) is 0 Å². The minimum absolute atomic E-state index is 0.241. The molecule has 0 fully saturated rings. The Morgan fingerprint density at radius 2 is 2.12 bits per heavy atom. The average Bonchev–Trinajstić information content (AvgIpc) is 3.03. The van der Waals surface area contributed by atoms with Crippen molar-refractivity contribution in [2.45, 2.75) is 39.7 Å². The van der Waals surface area contributed by atoms with Crippen molar-refractivity contribution < 1.29 is 4.39 Å². The topological polar surface area (TPSA) is 68.6 Å². The van der Waals surface area contributed by atoms with Crippen LogP contribution in [0, 0.1) is 17.1 Å². The maximum Gasteiger partial charge on any atom is 0.169 e. The van der Waals surface area contributed by atoms with Crippen molar-refractivity contribution in [1.29, 1.82) is 5.26 Å². The van der Waals surface area contributed by atoms with Crippen molar-refractivity contribution in [1.82, 2.24) is 15.2 Å². The van der Waals surface area contributed by atoms with Crippen molar-refractivity contribution in [2.75, 3.05) is 11.4 Å². The van der Waals surface area contributed by atoms with Crippen molar-refractivity contribution in [3.05, 3.63) is 52.1 Å². The molecule has 26 heavy (non-hydrogen) atoms. The third-order valence-electron chi connectivity index (χ3n) is 5.18. The van der Waals surface area contributed by atoms with E-state index in [0.29, 0.717) is 17.9 Å². The fraction of sp³-hybridized carbons (Fsp3) is 0.350. The Morgan fingerprint density at radius 1 is 1.27 bits per heavy atom. The van der Waals surface area contributed by atoms with Gasteiger partial charge in [-0.25, -0.2) is 4.39 Å². The van der Waals surface area contributed by atoms with E-state index in [-0.39, 0.29) is 5.82 Å². The van der Waals surface area contributed by atoms with E-state index in [2.05, 4.69) is 26.2 Å². The summed E-state index contributed by atoms with van der Waals surface area (Å²) >= 11 is 0. The fourth-order valence-electron chi connectivity index (χ4n) is 3.87. The van der Waals surface area contributed by atoms with Gasteiger partial charge in [-0.2, -0.15) is 10.4 Å². The van der Waals surface area contributed by atoms with Gasteiger partial charge in [-0.1, -0.05) is 13.8 Å². The average molecular weight is 349 g/mol. The number of aromatic amines is 1. The summed E-state index contributed by atoms with van der Waals surface area (Å²) in [6, 6.07) is 7.16. The predicted octanol–water partition coefficient (Wildman–Crippen LogP) is 3.66. The van der Waals surface area contributed by atoms with Crippen LogP contribution in [0.4, 0.5) is 10.2 Å². The van der Waals surface area contributed by atoms with Gasteiger partial charge in [-0.3, -0.25) is 0 Å². The molecule has 0 bridgehead atoms. The monoisotopic (exact) mass is 349 g/mol. The maximum atomic E-state index is 13.7. The number of halogens is 1. The molecule has 3 heterocycles. The molecule has 2 aromatic heterocycles. The first-order valence-corrected chi connectivity index (χ1v) is 8.98. The van der Waals surface area contributed by atoms with Crippen LogP contribution in [0.1, 0.15) is 41.9 Å². The number of benzene rings is 1. The van der Waals surface area contributed by atoms with E-state index in [9.17, 15) is 9.65 Å². The lowest BCUT2D eigenvalue weighted by atomic mass is 10.0. The van der Waals surface area contributed by atoms with E-state index in [1.54, 1.807) is 12.1 Å². The number of nitriles is 1. The Hall–Kier alpha value is -2.94. The van der Waals surface area contributed by atoms with Crippen molar-refractivity contribution >= 4 is 16.7 Å². The molecule has 6 heteroatoms. The summed E-state index contributed by atoms with van der Waals surface area (Å²) in [7, 11) is 0. The molecule has 3 aromatic rings. The molecule has 0 radical (unpaired) electrons. The number of anilines is 1. The number of H-pyrrole nitrogens is 1. The molecule has 0 atom stereocenters. The van der Waals surface area contributed by atoms with Gasteiger partial charge in [0.1, 0.15) is 17.4 Å². The van der Waals surface area contributed by atoms with Gasteiger partial charge >= 0.3 is 0 Å². The first kappa shape index (κ1) is 16.5. The van der Waals surface area contributed by atoms with Crippen LogP contribution < -0.4 is 4.90 Å². The quantitative estimate of drug-likeness (QED) is 0.783. The largest absolute Gasteiger partial charge is 0.358 e. The van der Waals surface area contributed by atoms with Crippen LogP contribution in [0.25, 0.3) is 10.9 Å². The molecule has 1 aromatic carbocycles. The highest BCUT2D eigenvalue weighted by molar-refractivity contribution is 5.85. The third kappa shape index (κ3) is 2.51. The number of nitrogens with zero attached hydrogens (tertiary/aromatic N) is 4. The molecular formula is C20H20FN5. The zero-order valence-electron chi connectivity index (χ0n) is 14.9. The van der Waals surface area contributed by atoms with E-state index in [1.165, 1.54) is 6.07 Å². The van der Waals surface area contributed by atoms with Gasteiger partial charge in [0.15, 0.2) is 5.82 Å². The van der Waals surface area contributed by atoms with Crippen LogP contribution in [0.3, 0.4) is 0 Å². The van der Waals surface area contributed by atoms with E-state index >= 15 is 0 Å². The number of fused-ring (bicyclic) bond motifs is 3. The smallest absolute Gasteiger partial charge is 0.169 e. The number of hydrogen-bond acceptors (Lipinski definition) is 4.